The second-order valence-corrected chi connectivity index (χ2v) is 4.80. The van der Waals surface area contributed by atoms with Crippen molar-refractivity contribution in [1.29, 1.82) is 0 Å². The second-order valence-electron chi connectivity index (χ2n) is 3.85. The van der Waals surface area contributed by atoms with E-state index in [1.807, 2.05) is 6.92 Å². The highest BCUT2D eigenvalue weighted by atomic mass is 32.1. The summed E-state index contributed by atoms with van der Waals surface area (Å²) in [5.41, 5.74) is 0.726. The molecule has 1 aromatic carbocycles. The molecule has 0 atom stereocenters. The van der Waals surface area contributed by atoms with E-state index in [2.05, 4.69) is 10.3 Å². The maximum absolute atomic E-state index is 13.6. The highest BCUT2D eigenvalue weighted by Gasteiger charge is 2.10. The van der Waals surface area contributed by atoms with Gasteiger partial charge in [0.25, 0.3) is 0 Å². The monoisotopic (exact) mass is 268 g/mol. The van der Waals surface area contributed by atoms with Crippen molar-refractivity contribution in [2.45, 2.75) is 13.3 Å². The van der Waals surface area contributed by atoms with E-state index in [9.17, 15) is 8.78 Å². The van der Waals surface area contributed by atoms with Gasteiger partial charge in [-0.25, -0.2) is 13.8 Å². The highest BCUT2D eigenvalue weighted by Crippen LogP contribution is 2.25. The summed E-state index contributed by atoms with van der Waals surface area (Å²) in [7, 11) is 0. The minimum Gasteiger partial charge on any atom is -0.317 e. The van der Waals surface area contributed by atoms with Gasteiger partial charge in [-0.3, -0.25) is 0 Å². The zero-order valence-corrected chi connectivity index (χ0v) is 10.9. The van der Waals surface area contributed by atoms with Crippen molar-refractivity contribution in [3.05, 3.63) is 40.2 Å². The average Bonchev–Trinajstić information content (AvgIpc) is 2.81. The van der Waals surface area contributed by atoms with Gasteiger partial charge in [-0.15, -0.1) is 11.3 Å². The molecule has 2 rings (SSSR count). The molecule has 0 bridgehead atoms. The molecule has 5 heteroatoms. The smallest absolute Gasteiger partial charge is 0.132 e. The zero-order chi connectivity index (χ0) is 13.0. The van der Waals surface area contributed by atoms with Gasteiger partial charge < -0.3 is 5.32 Å². The normalized spacial score (nSPS) is 10.8. The van der Waals surface area contributed by atoms with Crippen LogP contribution in [0.4, 0.5) is 8.78 Å². The average molecular weight is 268 g/mol. The Balaban J connectivity index is 2.16. The fourth-order valence-electron chi connectivity index (χ4n) is 1.62. The first-order valence-corrected chi connectivity index (χ1v) is 6.69. The van der Waals surface area contributed by atoms with Crippen LogP contribution in [0.3, 0.4) is 0 Å². The first-order valence-electron chi connectivity index (χ1n) is 5.81. The Hall–Kier alpha value is -1.33. The lowest BCUT2D eigenvalue weighted by Gasteiger charge is -2.00. The molecular formula is C13H14F2N2S. The van der Waals surface area contributed by atoms with Crippen molar-refractivity contribution in [3.63, 3.8) is 0 Å². The second kappa shape index (κ2) is 6.02. The Morgan fingerprint density at radius 1 is 1.33 bits per heavy atom. The van der Waals surface area contributed by atoms with E-state index in [-0.39, 0.29) is 5.56 Å². The number of halogens is 2. The Morgan fingerprint density at radius 3 is 2.94 bits per heavy atom. The molecule has 0 radical (unpaired) electrons. The van der Waals surface area contributed by atoms with Crippen LogP contribution < -0.4 is 5.32 Å². The molecule has 0 unspecified atom stereocenters. The first-order chi connectivity index (χ1) is 8.70. The van der Waals surface area contributed by atoms with E-state index in [4.69, 9.17) is 0 Å². The van der Waals surface area contributed by atoms with Gasteiger partial charge in [0.2, 0.25) is 0 Å². The Bertz CT molecular complexity index is 525. The molecule has 2 nitrogen and oxygen atoms in total. The van der Waals surface area contributed by atoms with Gasteiger partial charge in [0.05, 0.1) is 10.7 Å². The van der Waals surface area contributed by atoms with Crippen LogP contribution in [-0.2, 0) is 6.42 Å². The zero-order valence-electron chi connectivity index (χ0n) is 10.0. The topological polar surface area (TPSA) is 24.9 Å². The van der Waals surface area contributed by atoms with Gasteiger partial charge in [-0.05, 0) is 24.7 Å². The molecule has 0 amide bonds. The number of likely N-dealkylation sites (N-methyl/N-ethyl adjacent to an activating group) is 1. The van der Waals surface area contributed by atoms with E-state index >= 15 is 0 Å². The first kappa shape index (κ1) is 13.1. The van der Waals surface area contributed by atoms with Crippen LogP contribution in [0.2, 0.25) is 0 Å². The minimum atomic E-state index is -0.450. The van der Waals surface area contributed by atoms with Crippen LogP contribution in [0.1, 0.15) is 11.9 Å². The lowest BCUT2D eigenvalue weighted by molar-refractivity contribution is 0.602. The van der Waals surface area contributed by atoms with Crippen molar-refractivity contribution in [2.24, 2.45) is 0 Å². The standard InChI is InChI=1S/C13H14F2N2S/c1-2-16-6-5-13-17-12(8-18-13)10-7-9(14)3-4-11(10)15/h3-4,7-8,16H,2,5-6H2,1H3. The van der Waals surface area contributed by atoms with Crippen molar-refractivity contribution < 1.29 is 8.78 Å². The molecule has 0 spiro atoms. The molecule has 0 fully saturated rings. The van der Waals surface area contributed by atoms with E-state index in [0.29, 0.717) is 5.69 Å². The number of nitrogens with zero attached hydrogens (tertiary/aromatic N) is 1. The summed E-state index contributed by atoms with van der Waals surface area (Å²) in [5, 5.41) is 5.89. The van der Waals surface area contributed by atoms with E-state index in [0.717, 1.165) is 36.7 Å². The van der Waals surface area contributed by atoms with Gasteiger partial charge in [0, 0.05) is 23.9 Å². The predicted octanol–water partition coefficient (Wildman–Crippen LogP) is 3.24. The van der Waals surface area contributed by atoms with Crippen LogP contribution in [0, 0.1) is 11.6 Å². The van der Waals surface area contributed by atoms with Crippen molar-refractivity contribution in [3.8, 4) is 11.3 Å². The summed E-state index contributed by atoms with van der Waals surface area (Å²) in [6, 6.07) is 3.41. The molecule has 0 aliphatic rings. The van der Waals surface area contributed by atoms with Crippen LogP contribution in [0.25, 0.3) is 11.3 Å². The predicted molar refractivity (Wildman–Crippen MR) is 69.7 cm³/mol. The Morgan fingerprint density at radius 2 is 2.17 bits per heavy atom. The summed E-state index contributed by atoms with van der Waals surface area (Å²) in [4.78, 5) is 4.33. The van der Waals surface area contributed by atoms with Crippen LogP contribution >= 0.6 is 11.3 Å². The third-order valence-corrected chi connectivity index (χ3v) is 3.43. The number of thiazole rings is 1. The van der Waals surface area contributed by atoms with Crippen molar-refractivity contribution in [1.82, 2.24) is 10.3 Å². The van der Waals surface area contributed by atoms with Gasteiger partial charge in [0.1, 0.15) is 11.6 Å². The molecule has 0 aliphatic carbocycles. The van der Waals surface area contributed by atoms with Gasteiger partial charge >= 0.3 is 0 Å². The molecular weight excluding hydrogens is 254 g/mol. The molecule has 1 aromatic heterocycles. The summed E-state index contributed by atoms with van der Waals surface area (Å²) < 4.78 is 26.6. The molecule has 18 heavy (non-hydrogen) atoms. The number of benzene rings is 1. The molecule has 0 saturated carbocycles. The fraction of sp³-hybridized carbons (Fsp3) is 0.308. The van der Waals surface area contributed by atoms with Crippen LogP contribution in [0.5, 0.6) is 0 Å². The van der Waals surface area contributed by atoms with Gasteiger partial charge in [-0.1, -0.05) is 6.92 Å². The lowest BCUT2D eigenvalue weighted by Crippen LogP contribution is -2.15. The maximum atomic E-state index is 13.6. The summed E-state index contributed by atoms with van der Waals surface area (Å²) >= 11 is 1.47. The third-order valence-electron chi connectivity index (χ3n) is 2.52. The number of rotatable bonds is 5. The maximum Gasteiger partial charge on any atom is 0.132 e. The van der Waals surface area contributed by atoms with E-state index < -0.39 is 11.6 Å². The van der Waals surface area contributed by atoms with Gasteiger partial charge in [-0.2, -0.15) is 0 Å². The molecule has 96 valence electrons. The summed E-state index contributed by atoms with van der Waals surface area (Å²) in [6.07, 6.45) is 0.801. The van der Waals surface area contributed by atoms with Gasteiger partial charge in [0.15, 0.2) is 0 Å². The Kier molecular flexibility index (Phi) is 4.38. The third kappa shape index (κ3) is 3.11. The summed E-state index contributed by atoms with van der Waals surface area (Å²) in [5.74, 6) is -0.895. The largest absolute Gasteiger partial charge is 0.317 e. The van der Waals surface area contributed by atoms with Crippen LogP contribution in [0.15, 0.2) is 23.6 Å². The molecule has 2 aromatic rings. The number of hydrogen-bond donors (Lipinski definition) is 1. The lowest BCUT2D eigenvalue weighted by atomic mass is 10.1. The van der Waals surface area contributed by atoms with E-state index in [1.165, 1.54) is 17.4 Å². The fourth-order valence-corrected chi connectivity index (χ4v) is 2.41. The molecule has 0 aliphatic heterocycles. The quantitative estimate of drug-likeness (QED) is 0.842. The Labute approximate surface area is 109 Å². The molecule has 1 N–H and O–H groups in total. The highest BCUT2D eigenvalue weighted by molar-refractivity contribution is 7.09. The SMILES string of the molecule is CCNCCc1nc(-c2cc(F)ccc2F)cs1. The molecule has 0 saturated heterocycles. The number of aromatic nitrogens is 1. The van der Waals surface area contributed by atoms with E-state index in [1.54, 1.807) is 5.38 Å². The number of hydrogen-bond acceptors (Lipinski definition) is 3. The van der Waals surface area contributed by atoms with Crippen LogP contribution in [-0.4, -0.2) is 18.1 Å². The summed E-state index contributed by atoms with van der Waals surface area (Å²) in [6.45, 7) is 3.79. The number of nitrogens with one attached hydrogen (secondary N) is 1. The minimum absolute atomic E-state index is 0.223. The van der Waals surface area contributed by atoms with Crippen molar-refractivity contribution in [2.75, 3.05) is 13.1 Å². The molecule has 1 heterocycles. The van der Waals surface area contributed by atoms with Crippen molar-refractivity contribution >= 4 is 11.3 Å².